The number of carbonyl (C=O) groups is 2. The summed E-state index contributed by atoms with van der Waals surface area (Å²) in [5, 5.41) is 31.3. The molecule has 0 amide bonds. The lowest BCUT2D eigenvalue weighted by molar-refractivity contribution is -0.152. The maximum atomic E-state index is 13.1. The first kappa shape index (κ1) is 40.3. The number of fused-ring (bicyclic) bond motifs is 1. The van der Waals surface area contributed by atoms with Crippen LogP contribution in [0.4, 0.5) is 0 Å². The molecule has 0 aromatic carbocycles. The van der Waals surface area contributed by atoms with E-state index in [2.05, 4.69) is 46.8 Å². The van der Waals surface area contributed by atoms with Crippen LogP contribution in [0.3, 0.4) is 0 Å². The van der Waals surface area contributed by atoms with Gasteiger partial charge in [-0.3, -0.25) is 9.59 Å². The van der Waals surface area contributed by atoms with Crippen molar-refractivity contribution in [3.8, 4) is 0 Å². The van der Waals surface area contributed by atoms with Crippen LogP contribution in [-0.4, -0.2) is 62.7 Å². The van der Waals surface area contributed by atoms with Gasteiger partial charge < -0.3 is 24.8 Å². The first-order valence-electron chi connectivity index (χ1n) is 17.5. The maximum Gasteiger partial charge on any atom is 0.302 e. The summed E-state index contributed by atoms with van der Waals surface area (Å²) in [6.07, 6.45) is 23.7. The Morgan fingerprint density at radius 1 is 0.857 bits per heavy atom. The minimum Gasteiger partial charge on any atom is -0.462 e. The summed E-state index contributed by atoms with van der Waals surface area (Å²) in [5.41, 5.74) is 1.91. The number of carbonyl (C=O) groups excluding carboxylic acids is 2. The van der Waals surface area contributed by atoms with Crippen molar-refractivity contribution in [1.29, 1.82) is 0 Å². The first-order valence-corrected chi connectivity index (χ1v) is 17.5. The standard InChI is InChI=1S/C42H60O7/c1-29(16-13-17-30(2)21-22-37-38(5,6)25-35(48-32(4)44)26-40(37,9)47)15-11-12-19-33(28-43)20-14-18-31(3)36(46)27-42-39(7,8)23-34(45)24-41(42,10)49-42/h11-20,22,34-35,43,45,47H,21,23-28H2,1-10H3/b12-11+,16-13+,20-14+,29-15+,30-17+,31-18+,33-19-,37-22+/t34-,35-,40+,41+,42-/m0/s1. The molecule has 3 aliphatic rings. The molecule has 0 radical (unpaired) electrons. The molecule has 0 spiro atoms. The van der Waals surface area contributed by atoms with E-state index in [9.17, 15) is 24.9 Å². The Kier molecular flexibility index (Phi) is 13.0. The average Bonchev–Trinajstić information content (AvgIpc) is 3.56. The van der Waals surface area contributed by atoms with E-state index >= 15 is 0 Å². The minimum absolute atomic E-state index is 0.0278. The van der Waals surface area contributed by atoms with Crippen molar-refractivity contribution in [3.63, 3.8) is 0 Å². The molecule has 0 aromatic rings. The van der Waals surface area contributed by atoms with Crippen LogP contribution in [0.25, 0.3) is 0 Å². The largest absolute Gasteiger partial charge is 0.462 e. The third kappa shape index (κ3) is 10.2. The fraction of sp³-hybridized carbons (Fsp3) is 0.571. The number of esters is 1. The molecule has 0 unspecified atom stereocenters. The van der Waals surface area contributed by atoms with E-state index in [4.69, 9.17) is 9.47 Å². The summed E-state index contributed by atoms with van der Waals surface area (Å²) in [6.45, 7) is 19.3. The topological polar surface area (TPSA) is 117 Å². The van der Waals surface area contributed by atoms with Gasteiger partial charge in [0.1, 0.15) is 11.7 Å². The van der Waals surface area contributed by atoms with Crippen molar-refractivity contribution in [2.75, 3.05) is 6.61 Å². The molecule has 2 aliphatic carbocycles. The van der Waals surface area contributed by atoms with Crippen molar-refractivity contribution in [1.82, 2.24) is 0 Å². The third-order valence-corrected chi connectivity index (χ3v) is 10.5. The van der Waals surface area contributed by atoms with Crippen LogP contribution < -0.4 is 0 Å². The van der Waals surface area contributed by atoms with Crippen LogP contribution in [0.15, 0.2) is 94.7 Å². The number of allylic oxidation sites excluding steroid dienone is 13. The Labute approximate surface area is 294 Å². The fourth-order valence-electron chi connectivity index (χ4n) is 8.08. The molecule has 1 heterocycles. The zero-order valence-electron chi connectivity index (χ0n) is 31.4. The molecule has 1 aliphatic heterocycles. The molecule has 3 fully saturated rings. The number of Topliss-reactive ketones (excluding diaryl/α,β-unsaturated/α-hetero) is 1. The molecule has 0 bridgehead atoms. The number of aliphatic hydroxyl groups excluding tert-OH is 2. The number of epoxide rings is 1. The van der Waals surface area contributed by atoms with Gasteiger partial charge in [-0.15, -0.1) is 0 Å². The minimum atomic E-state index is -1.04. The van der Waals surface area contributed by atoms with Gasteiger partial charge in [0, 0.05) is 26.2 Å². The molecule has 0 aromatic heterocycles. The molecular formula is C42H60O7. The number of rotatable bonds is 13. The van der Waals surface area contributed by atoms with Gasteiger partial charge in [-0.25, -0.2) is 0 Å². The second-order valence-corrected chi connectivity index (χ2v) is 16.1. The van der Waals surface area contributed by atoms with Crippen LogP contribution >= 0.6 is 0 Å². The summed E-state index contributed by atoms with van der Waals surface area (Å²) in [4.78, 5) is 24.6. The highest BCUT2D eigenvalue weighted by Gasteiger charge is 2.76. The van der Waals surface area contributed by atoms with E-state index < -0.39 is 22.9 Å². The van der Waals surface area contributed by atoms with E-state index in [1.807, 2.05) is 50.3 Å². The van der Waals surface area contributed by atoms with Crippen LogP contribution in [-0.2, 0) is 19.1 Å². The lowest BCUT2D eigenvalue weighted by atomic mass is 9.61. The van der Waals surface area contributed by atoms with Crippen molar-refractivity contribution >= 4 is 11.8 Å². The Hall–Kier alpha value is -3.10. The van der Waals surface area contributed by atoms with Crippen molar-refractivity contribution in [2.24, 2.45) is 10.8 Å². The monoisotopic (exact) mass is 676 g/mol. The molecule has 1 saturated heterocycles. The van der Waals surface area contributed by atoms with Gasteiger partial charge in [-0.2, -0.15) is 0 Å². The second-order valence-electron chi connectivity index (χ2n) is 16.1. The highest BCUT2D eigenvalue weighted by Crippen LogP contribution is 2.67. The Bertz CT molecular complexity index is 1470. The van der Waals surface area contributed by atoms with Gasteiger partial charge in [0.15, 0.2) is 5.78 Å². The average molecular weight is 677 g/mol. The van der Waals surface area contributed by atoms with Gasteiger partial charge in [-0.05, 0) is 81.4 Å². The SMILES string of the molecule is CC(=O)O[C@H]1CC(C)(C)/C(=C\C/C(C)=C/C=C/C(C)=C/C=C/C=C(/C=C/C=C(\C)C(=O)C[C@@]23O[C@]2(C)C[C@@H](O)CC3(C)C)CO)[C@](C)(O)C1. The van der Waals surface area contributed by atoms with Gasteiger partial charge in [0.05, 0.1) is 23.9 Å². The molecule has 3 rings (SSSR count). The van der Waals surface area contributed by atoms with E-state index in [1.54, 1.807) is 32.1 Å². The number of ether oxygens (including phenoxy) is 2. The normalized spacial score (nSPS) is 33.0. The number of ketones is 1. The Morgan fingerprint density at radius 3 is 2.12 bits per heavy atom. The number of hydrogen-bond acceptors (Lipinski definition) is 7. The van der Waals surface area contributed by atoms with Crippen LogP contribution in [0.2, 0.25) is 0 Å². The van der Waals surface area contributed by atoms with Crippen LogP contribution in [0, 0.1) is 10.8 Å². The zero-order valence-corrected chi connectivity index (χ0v) is 31.4. The predicted molar refractivity (Wildman–Crippen MR) is 197 cm³/mol. The van der Waals surface area contributed by atoms with Gasteiger partial charge in [0.2, 0.25) is 0 Å². The molecule has 2 saturated carbocycles. The molecular weight excluding hydrogens is 616 g/mol. The van der Waals surface area contributed by atoms with Crippen LogP contribution in [0.5, 0.6) is 0 Å². The maximum absolute atomic E-state index is 13.1. The number of aliphatic hydroxyl groups is 3. The first-order chi connectivity index (χ1) is 22.7. The number of hydrogen-bond donors (Lipinski definition) is 3. The quantitative estimate of drug-likeness (QED) is 0.0597. The highest BCUT2D eigenvalue weighted by molar-refractivity contribution is 5.96. The van der Waals surface area contributed by atoms with Crippen molar-refractivity contribution < 1.29 is 34.4 Å². The summed E-state index contributed by atoms with van der Waals surface area (Å²) in [6, 6.07) is 0. The summed E-state index contributed by atoms with van der Waals surface area (Å²) >= 11 is 0. The Morgan fingerprint density at radius 2 is 1.51 bits per heavy atom. The predicted octanol–water partition coefficient (Wildman–Crippen LogP) is 7.90. The van der Waals surface area contributed by atoms with Crippen molar-refractivity contribution in [2.45, 2.75) is 137 Å². The molecule has 7 heteroatoms. The van der Waals surface area contributed by atoms with Gasteiger partial charge in [0.25, 0.3) is 0 Å². The van der Waals surface area contributed by atoms with Crippen LogP contribution in [0.1, 0.15) is 108 Å². The summed E-state index contributed by atoms with van der Waals surface area (Å²) in [5.74, 6) is -0.290. The molecule has 49 heavy (non-hydrogen) atoms. The third-order valence-electron chi connectivity index (χ3n) is 10.5. The molecule has 5 atom stereocenters. The second kappa shape index (κ2) is 15.8. The van der Waals surface area contributed by atoms with E-state index in [1.165, 1.54) is 6.92 Å². The van der Waals surface area contributed by atoms with E-state index in [-0.39, 0.29) is 35.3 Å². The van der Waals surface area contributed by atoms with E-state index in [0.717, 1.165) is 16.7 Å². The zero-order chi connectivity index (χ0) is 36.8. The summed E-state index contributed by atoms with van der Waals surface area (Å²) < 4.78 is 11.6. The van der Waals surface area contributed by atoms with Gasteiger partial charge >= 0.3 is 5.97 Å². The lowest BCUT2D eigenvalue weighted by Gasteiger charge is -2.46. The molecule has 3 N–H and O–H groups in total. The lowest BCUT2D eigenvalue weighted by Crippen LogP contribution is -2.48. The van der Waals surface area contributed by atoms with Crippen molar-refractivity contribution in [3.05, 3.63) is 94.7 Å². The van der Waals surface area contributed by atoms with Gasteiger partial charge in [-0.1, -0.05) is 106 Å². The molecule has 270 valence electrons. The molecule has 7 nitrogen and oxygen atoms in total. The van der Waals surface area contributed by atoms with E-state index in [0.29, 0.717) is 49.7 Å². The smallest absolute Gasteiger partial charge is 0.302 e. The fourth-order valence-corrected chi connectivity index (χ4v) is 8.08. The highest BCUT2D eigenvalue weighted by atomic mass is 16.6. The Balaban J connectivity index is 1.53. The summed E-state index contributed by atoms with van der Waals surface area (Å²) in [7, 11) is 0.